The van der Waals surface area contributed by atoms with Crippen LogP contribution in [-0.4, -0.2) is 17.3 Å². The zero-order valence-corrected chi connectivity index (χ0v) is 8.19. The smallest absolute Gasteiger partial charge is 0.269 e. The summed E-state index contributed by atoms with van der Waals surface area (Å²) in [4.78, 5) is 13.7. The molecule has 0 spiro atoms. The molecular weight excluding hydrogens is 235 g/mol. The fourth-order valence-electron chi connectivity index (χ4n) is 0.948. The van der Waals surface area contributed by atoms with Crippen LogP contribution in [0.25, 0.3) is 0 Å². The molecule has 82 valence electrons. The van der Waals surface area contributed by atoms with Gasteiger partial charge < -0.3 is 4.74 Å². The molecule has 0 saturated heterocycles. The lowest BCUT2D eigenvalue weighted by Crippen LogP contribution is -2.04. The summed E-state index contributed by atoms with van der Waals surface area (Å²) >= 11 is 4.98. The van der Waals surface area contributed by atoms with E-state index in [0.717, 1.165) is 7.11 Å². The van der Waals surface area contributed by atoms with Gasteiger partial charge in [-0.25, -0.2) is 8.78 Å². The van der Waals surface area contributed by atoms with Crippen molar-refractivity contribution in [3.05, 3.63) is 23.1 Å². The Balaban J connectivity index is 3.37. The Bertz CT molecular complexity index is 398. The summed E-state index contributed by atoms with van der Waals surface area (Å²) < 4.78 is 42.2. The van der Waals surface area contributed by atoms with Crippen molar-refractivity contribution in [2.45, 2.75) is 6.43 Å². The van der Waals surface area contributed by atoms with Crippen molar-refractivity contribution in [3.63, 3.8) is 0 Å². The van der Waals surface area contributed by atoms with E-state index in [9.17, 15) is 18.0 Å². The number of pyridine rings is 1. The van der Waals surface area contributed by atoms with E-state index in [0.29, 0.717) is 6.07 Å². The predicted molar refractivity (Wildman–Crippen MR) is 45.9 cm³/mol. The monoisotopic (exact) mass is 239 g/mol. The van der Waals surface area contributed by atoms with Crippen LogP contribution >= 0.6 is 11.6 Å². The fraction of sp³-hybridized carbons (Fsp3) is 0.250. The van der Waals surface area contributed by atoms with Crippen LogP contribution in [0, 0.1) is 5.95 Å². The van der Waals surface area contributed by atoms with Crippen LogP contribution in [0.2, 0.25) is 0 Å². The summed E-state index contributed by atoms with van der Waals surface area (Å²) in [7, 11) is 1.07. The van der Waals surface area contributed by atoms with Crippen LogP contribution in [-0.2, 0) is 0 Å². The number of nitrogens with zero attached hydrogens (tertiary/aromatic N) is 1. The Morgan fingerprint density at radius 1 is 1.60 bits per heavy atom. The molecule has 0 atom stereocenters. The molecule has 15 heavy (non-hydrogen) atoms. The standard InChI is InChI=1S/C8H5ClF3NO2/c1-15-8-4(6(10)11)2-3(5(9)14)7(12)13-8/h2,6H,1H3. The van der Waals surface area contributed by atoms with Gasteiger partial charge >= 0.3 is 0 Å². The minimum Gasteiger partial charge on any atom is -0.481 e. The van der Waals surface area contributed by atoms with Crippen molar-refractivity contribution >= 4 is 16.8 Å². The van der Waals surface area contributed by atoms with Gasteiger partial charge in [0.1, 0.15) is 0 Å². The Hall–Kier alpha value is -1.30. The molecule has 7 heteroatoms. The van der Waals surface area contributed by atoms with E-state index in [2.05, 4.69) is 9.72 Å². The van der Waals surface area contributed by atoms with E-state index >= 15 is 0 Å². The van der Waals surface area contributed by atoms with Crippen LogP contribution in [0.1, 0.15) is 22.3 Å². The average Bonchev–Trinajstić information content (AvgIpc) is 2.16. The number of carbonyl (C=O) groups is 1. The molecule has 0 fully saturated rings. The summed E-state index contributed by atoms with van der Waals surface area (Å²) in [6, 6.07) is 0.626. The largest absolute Gasteiger partial charge is 0.481 e. The lowest BCUT2D eigenvalue weighted by atomic mass is 10.2. The molecule has 0 N–H and O–H groups in total. The lowest BCUT2D eigenvalue weighted by molar-refractivity contribution is 0.107. The minimum atomic E-state index is -2.93. The molecule has 0 unspecified atom stereocenters. The van der Waals surface area contributed by atoms with E-state index in [1.165, 1.54) is 0 Å². The van der Waals surface area contributed by atoms with Crippen LogP contribution in [0.4, 0.5) is 13.2 Å². The van der Waals surface area contributed by atoms with Gasteiger partial charge in [0.05, 0.1) is 18.2 Å². The number of carbonyl (C=O) groups excluding carboxylic acids is 1. The first-order chi connectivity index (χ1) is 6.97. The number of hydrogen-bond acceptors (Lipinski definition) is 3. The van der Waals surface area contributed by atoms with Gasteiger partial charge in [-0.1, -0.05) is 0 Å². The van der Waals surface area contributed by atoms with E-state index in [1.54, 1.807) is 0 Å². The molecule has 0 amide bonds. The SMILES string of the molecule is COc1nc(F)c(C(=O)Cl)cc1C(F)F. The van der Waals surface area contributed by atoms with E-state index in [1.807, 2.05) is 0 Å². The highest BCUT2D eigenvalue weighted by atomic mass is 35.5. The molecule has 0 aliphatic heterocycles. The summed E-state index contributed by atoms with van der Waals surface area (Å²) in [6.07, 6.45) is -2.93. The summed E-state index contributed by atoms with van der Waals surface area (Å²) in [5.74, 6) is -1.81. The van der Waals surface area contributed by atoms with Gasteiger partial charge in [-0.2, -0.15) is 9.37 Å². The van der Waals surface area contributed by atoms with E-state index in [4.69, 9.17) is 11.6 Å². The predicted octanol–water partition coefficient (Wildman–Crippen LogP) is 2.55. The molecule has 1 aromatic rings. The first kappa shape index (κ1) is 11.8. The Morgan fingerprint density at radius 2 is 2.20 bits per heavy atom. The summed E-state index contributed by atoms with van der Waals surface area (Å²) in [5, 5.41) is -1.19. The maximum absolute atomic E-state index is 13.0. The number of methoxy groups -OCH3 is 1. The van der Waals surface area contributed by atoms with Crippen LogP contribution in [0.15, 0.2) is 6.07 Å². The molecular formula is C8H5ClF3NO2. The van der Waals surface area contributed by atoms with Crippen LogP contribution < -0.4 is 4.74 Å². The normalized spacial score (nSPS) is 10.5. The number of alkyl halides is 2. The first-order valence-corrected chi connectivity index (χ1v) is 4.07. The van der Waals surface area contributed by atoms with E-state index < -0.39 is 34.6 Å². The molecule has 0 aromatic carbocycles. The molecule has 0 radical (unpaired) electrons. The van der Waals surface area contributed by atoms with Crippen molar-refractivity contribution in [2.24, 2.45) is 0 Å². The zero-order chi connectivity index (χ0) is 11.6. The molecule has 0 bridgehead atoms. The first-order valence-electron chi connectivity index (χ1n) is 3.69. The second-order valence-electron chi connectivity index (χ2n) is 2.50. The third-order valence-corrected chi connectivity index (χ3v) is 1.81. The zero-order valence-electron chi connectivity index (χ0n) is 7.43. The van der Waals surface area contributed by atoms with Gasteiger partial charge in [0, 0.05) is 0 Å². The van der Waals surface area contributed by atoms with Gasteiger partial charge in [-0.15, -0.1) is 0 Å². The molecule has 1 aromatic heterocycles. The van der Waals surface area contributed by atoms with Gasteiger partial charge in [0.2, 0.25) is 11.8 Å². The summed E-state index contributed by atoms with van der Waals surface area (Å²) in [6.45, 7) is 0. The van der Waals surface area contributed by atoms with Crippen molar-refractivity contribution < 1.29 is 22.7 Å². The number of hydrogen-bond donors (Lipinski definition) is 0. The highest BCUT2D eigenvalue weighted by molar-refractivity contribution is 6.67. The second kappa shape index (κ2) is 4.48. The molecule has 3 nitrogen and oxygen atoms in total. The maximum Gasteiger partial charge on any atom is 0.269 e. The maximum atomic E-state index is 13.0. The number of ether oxygens (including phenoxy) is 1. The Kier molecular flexibility index (Phi) is 3.52. The molecule has 0 aliphatic rings. The molecule has 1 heterocycles. The molecule has 0 saturated carbocycles. The van der Waals surface area contributed by atoms with Gasteiger partial charge in [0.15, 0.2) is 0 Å². The lowest BCUT2D eigenvalue weighted by Gasteiger charge is -2.07. The Labute approximate surface area is 87.8 Å². The van der Waals surface area contributed by atoms with Crippen LogP contribution in [0.3, 0.4) is 0 Å². The van der Waals surface area contributed by atoms with Gasteiger partial charge in [0.25, 0.3) is 11.7 Å². The third-order valence-electron chi connectivity index (χ3n) is 1.61. The molecule has 1 rings (SSSR count). The topological polar surface area (TPSA) is 39.2 Å². The van der Waals surface area contributed by atoms with Crippen molar-refractivity contribution in [2.75, 3.05) is 7.11 Å². The second-order valence-corrected chi connectivity index (χ2v) is 2.84. The quantitative estimate of drug-likeness (QED) is 0.601. The van der Waals surface area contributed by atoms with Gasteiger partial charge in [-0.3, -0.25) is 4.79 Å². The Morgan fingerprint density at radius 3 is 2.60 bits per heavy atom. The van der Waals surface area contributed by atoms with Crippen molar-refractivity contribution in [3.8, 4) is 5.88 Å². The van der Waals surface area contributed by atoms with E-state index in [-0.39, 0.29) is 0 Å². The minimum absolute atomic E-state index is 0.566. The number of aromatic nitrogens is 1. The highest BCUT2D eigenvalue weighted by Gasteiger charge is 2.21. The number of halogens is 4. The van der Waals surface area contributed by atoms with Crippen LogP contribution in [0.5, 0.6) is 5.88 Å². The van der Waals surface area contributed by atoms with Gasteiger partial charge in [-0.05, 0) is 17.7 Å². The van der Waals surface area contributed by atoms with Crippen molar-refractivity contribution in [1.82, 2.24) is 4.98 Å². The number of rotatable bonds is 3. The third kappa shape index (κ3) is 2.38. The fourth-order valence-corrected chi connectivity index (χ4v) is 1.08. The van der Waals surface area contributed by atoms with Crippen molar-refractivity contribution in [1.29, 1.82) is 0 Å². The summed E-state index contributed by atoms with van der Waals surface area (Å²) in [5.41, 5.74) is -1.38. The average molecular weight is 240 g/mol. The molecule has 0 aliphatic carbocycles. The highest BCUT2D eigenvalue weighted by Crippen LogP contribution is 2.29.